The van der Waals surface area contributed by atoms with Gasteiger partial charge < -0.3 is 5.32 Å². The molecule has 1 heterocycles. The number of aryl methyl sites for hydroxylation is 1. The quantitative estimate of drug-likeness (QED) is 0.883. The molecule has 0 saturated heterocycles. The first kappa shape index (κ1) is 11.0. The van der Waals surface area contributed by atoms with E-state index in [9.17, 15) is 0 Å². The highest BCUT2D eigenvalue weighted by atomic mass is 35.5. The SMILES string of the molecule is Cc1cnn(CCNc2ccccc2Cl)c1. The van der Waals surface area contributed by atoms with E-state index in [0.29, 0.717) is 0 Å². The van der Waals surface area contributed by atoms with E-state index < -0.39 is 0 Å². The Hall–Kier alpha value is -1.48. The van der Waals surface area contributed by atoms with Crippen LogP contribution in [0.2, 0.25) is 5.02 Å². The molecule has 0 aliphatic rings. The number of rotatable bonds is 4. The lowest BCUT2D eigenvalue weighted by atomic mass is 10.3. The maximum atomic E-state index is 6.03. The van der Waals surface area contributed by atoms with Crippen LogP contribution in [0.25, 0.3) is 0 Å². The number of halogens is 1. The van der Waals surface area contributed by atoms with Gasteiger partial charge in [0.25, 0.3) is 0 Å². The first-order chi connectivity index (χ1) is 7.75. The first-order valence-corrected chi connectivity index (χ1v) is 5.61. The van der Waals surface area contributed by atoms with E-state index in [0.717, 1.165) is 23.8 Å². The fourth-order valence-corrected chi connectivity index (χ4v) is 1.70. The van der Waals surface area contributed by atoms with E-state index >= 15 is 0 Å². The molecule has 1 N–H and O–H groups in total. The summed E-state index contributed by atoms with van der Waals surface area (Å²) >= 11 is 6.03. The van der Waals surface area contributed by atoms with E-state index in [1.807, 2.05) is 48.3 Å². The highest BCUT2D eigenvalue weighted by molar-refractivity contribution is 6.33. The van der Waals surface area contributed by atoms with Crippen molar-refractivity contribution in [3.63, 3.8) is 0 Å². The van der Waals surface area contributed by atoms with E-state index in [2.05, 4.69) is 10.4 Å². The minimum atomic E-state index is 0.749. The number of para-hydroxylation sites is 1. The first-order valence-electron chi connectivity index (χ1n) is 5.23. The van der Waals surface area contributed by atoms with Crippen LogP contribution in [-0.2, 0) is 6.54 Å². The molecule has 3 nitrogen and oxygen atoms in total. The number of hydrogen-bond donors (Lipinski definition) is 1. The second kappa shape index (κ2) is 5.03. The summed E-state index contributed by atoms with van der Waals surface area (Å²) in [7, 11) is 0. The molecule has 4 heteroatoms. The molecule has 0 bridgehead atoms. The second-order valence-corrected chi connectivity index (χ2v) is 4.09. The van der Waals surface area contributed by atoms with Crippen molar-refractivity contribution in [2.45, 2.75) is 13.5 Å². The molecular formula is C12H14ClN3. The summed E-state index contributed by atoms with van der Waals surface area (Å²) in [6.07, 6.45) is 3.88. The molecule has 84 valence electrons. The Kier molecular flexibility index (Phi) is 3.47. The molecule has 0 aliphatic carbocycles. The summed E-state index contributed by atoms with van der Waals surface area (Å²) in [4.78, 5) is 0. The van der Waals surface area contributed by atoms with Gasteiger partial charge >= 0.3 is 0 Å². The van der Waals surface area contributed by atoms with Gasteiger partial charge in [0.05, 0.1) is 23.5 Å². The number of hydrogen-bond acceptors (Lipinski definition) is 2. The highest BCUT2D eigenvalue weighted by Crippen LogP contribution is 2.19. The lowest BCUT2D eigenvalue weighted by Gasteiger charge is -2.07. The van der Waals surface area contributed by atoms with E-state index in [4.69, 9.17) is 11.6 Å². The molecule has 1 aromatic heterocycles. The molecule has 0 amide bonds. The molecule has 0 saturated carbocycles. The Morgan fingerprint density at radius 1 is 1.38 bits per heavy atom. The lowest BCUT2D eigenvalue weighted by molar-refractivity contribution is 0.637. The summed E-state index contributed by atoms with van der Waals surface area (Å²) < 4.78 is 1.92. The Morgan fingerprint density at radius 2 is 2.19 bits per heavy atom. The maximum Gasteiger partial charge on any atom is 0.0637 e. The minimum absolute atomic E-state index is 0.749. The number of benzene rings is 1. The van der Waals surface area contributed by atoms with Crippen LogP contribution < -0.4 is 5.32 Å². The molecule has 0 fully saturated rings. The molecule has 1 aromatic carbocycles. The fourth-order valence-electron chi connectivity index (χ4n) is 1.50. The smallest absolute Gasteiger partial charge is 0.0637 e. The van der Waals surface area contributed by atoms with Crippen LogP contribution in [0.5, 0.6) is 0 Å². The van der Waals surface area contributed by atoms with Gasteiger partial charge in [-0.1, -0.05) is 23.7 Å². The topological polar surface area (TPSA) is 29.9 Å². The predicted molar refractivity (Wildman–Crippen MR) is 66.9 cm³/mol. The molecular weight excluding hydrogens is 222 g/mol. The van der Waals surface area contributed by atoms with Crippen molar-refractivity contribution in [1.29, 1.82) is 0 Å². The molecule has 0 aliphatic heterocycles. The third-order valence-corrected chi connectivity index (χ3v) is 2.62. The average Bonchev–Trinajstić information content (AvgIpc) is 2.67. The van der Waals surface area contributed by atoms with E-state index in [-0.39, 0.29) is 0 Å². The van der Waals surface area contributed by atoms with Gasteiger partial charge in [0, 0.05) is 12.7 Å². The number of nitrogens with one attached hydrogen (secondary N) is 1. The Balaban J connectivity index is 1.87. The number of nitrogens with zero attached hydrogens (tertiary/aromatic N) is 2. The molecule has 16 heavy (non-hydrogen) atoms. The van der Waals surface area contributed by atoms with Gasteiger partial charge in [-0.3, -0.25) is 4.68 Å². The normalized spacial score (nSPS) is 10.4. The number of aromatic nitrogens is 2. The Labute approximate surface area is 100 Å². The van der Waals surface area contributed by atoms with Crippen molar-refractivity contribution in [2.24, 2.45) is 0 Å². The zero-order chi connectivity index (χ0) is 11.4. The van der Waals surface area contributed by atoms with Crippen LogP contribution >= 0.6 is 11.6 Å². The van der Waals surface area contributed by atoms with Crippen LogP contribution in [0.15, 0.2) is 36.7 Å². The van der Waals surface area contributed by atoms with Crippen molar-refractivity contribution in [1.82, 2.24) is 9.78 Å². The fraction of sp³-hybridized carbons (Fsp3) is 0.250. The van der Waals surface area contributed by atoms with Crippen LogP contribution in [-0.4, -0.2) is 16.3 Å². The van der Waals surface area contributed by atoms with E-state index in [1.165, 1.54) is 5.56 Å². The molecule has 0 spiro atoms. The van der Waals surface area contributed by atoms with Crippen molar-refractivity contribution in [2.75, 3.05) is 11.9 Å². The van der Waals surface area contributed by atoms with Crippen LogP contribution in [0, 0.1) is 6.92 Å². The van der Waals surface area contributed by atoms with Gasteiger partial charge in [0.15, 0.2) is 0 Å². The second-order valence-electron chi connectivity index (χ2n) is 3.69. The van der Waals surface area contributed by atoms with Crippen molar-refractivity contribution < 1.29 is 0 Å². The zero-order valence-corrected chi connectivity index (χ0v) is 9.91. The monoisotopic (exact) mass is 235 g/mol. The van der Waals surface area contributed by atoms with Crippen molar-refractivity contribution in [3.8, 4) is 0 Å². The summed E-state index contributed by atoms with van der Waals surface area (Å²) in [5.41, 5.74) is 2.14. The van der Waals surface area contributed by atoms with Gasteiger partial charge in [0.1, 0.15) is 0 Å². The van der Waals surface area contributed by atoms with Crippen LogP contribution in [0.4, 0.5) is 5.69 Å². The van der Waals surface area contributed by atoms with Gasteiger partial charge in [0.2, 0.25) is 0 Å². The van der Waals surface area contributed by atoms with Gasteiger partial charge in [-0.15, -0.1) is 0 Å². The van der Waals surface area contributed by atoms with Crippen LogP contribution in [0.1, 0.15) is 5.56 Å². The predicted octanol–water partition coefficient (Wildman–Crippen LogP) is 2.96. The summed E-state index contributed by atoms with van der Waals surface area (Å²) in [5.74, 6) is 0. The van der Waals surface area contributed by atoms with Gasteiger partial charge in [-0.25, -0.2) is 0 Å². The standard InChI is InChI=1S/C12H14ClN3/c1-10-8-15-16(9-10)7-6-14-12-5-3-2-4-11(12)13/h2-5,8-9,14H,6-7H2,1H3. The minimum Gasteiger partial charge on any atom is -0.382 e. The Morgan fingerprint density at radius 3 is 2.88 bits per heavy atom. The lowest BCUT2D eigenvalue weighted by Crippen LogP contribution is -2.10. The summed E-state index contributed by atoms with van der Waals surface area (Å²) in [6, 6.07) is 7.73. The molecule has 2 rings (SSSR count). The maximum absolute atomic E-state index is 6.03. The Bertz CT molecular complexity index is 465. The zero-order valence-electron chi connectivity index (χ0n) is 9.15. The average molecular weight is 236 g/mol. The van der Waals surface area contributed by atoms with Gasteiger partial charge in [-0.2, -0.15) is 5.10 Å². The molecule has 0 unspecified atom stereocenters. The largest absolute Gasteiger partial charge is 0.382 e. The number of anilines is 1. The van der Waals surface area contributed by atoms with Crippen molar-refractivity contribution in [3.05, 3.63) is 47.2 Å². The molecule has 2 aromatic rings. The van der Waals surface area contributed by atoms with Gasteiger partial charge in [-0.05, 0) is 24.6 Å². The third kappa shape index (κ3) is 2.76. The van der Waals surface area contributed by atoms with Crippen molar-refractivity contribution >= 4 is 17.3 Å². The molecule has 0 atom stereocenters. The highest BCUT2D eigenvalue weighted by Gasteiger charge is 1.98. The van der Waals surface area contributed by atoms with E-state index in [1.54, 1.807) is 0 Å². The van der Waals surface area contributed by atoms with Crippen LogP contribution in [0.3, 0.4) is 0 Å². The third-order valence-electron chi connectivity index (χ3n) is 2.29. The summed E-state index contributed by atoms with van der Waals surface area (Å²) in [6.45, 7) is 3.68. The molecule has 0 radical (unpaired) electrons. The summed E-state index contributed by atoms with van der Waals surface area (Å²) in [5, 5.41) is 8.24.